The average Bonchev–Trinajstić information content (AvgIpc) is 2.21. The molecule has 3 nitrogen and oxygen atoms in total. The van der Waals surface area contributed by atoms with Gasteiger partial charge < -0.3 is 15.6 Å². The molecule has 0 unspecified atom stereocenters. The van der Waals surface area contributed by atoms with E-state index in [0.29, 0.717) is 16.3 Å². The summed E-state index contributed by atoms with van der Waals surface area (Å²) in [7, 11) is 1.52. The second-order valence-corrected chi connectivity index (χ2v) is 4.83. The molecule has 88 valence electrons. The molecule has 0 aliphatic heterocycles. The fourth-order valence-electron chi connectivity index (χ4n) is 2.17. The Hall–Kier alpha value is -0.930. The minimum absolute atomic E-state index is 0.131. The maximum absolute atomic E-state index is 10.1. The van der Waals surface area contributed by atoms with E-state index in [2.05, 4.69) is 0 Å². The minimum Gasteiger partial charge on any atom is -0.504 e. The molecular weight excluding hydrogens is 226 g/mol. The van der Waals surface area contributed by atoms with Crippen LogP contribution in [0.15, 0.2) is 6.07 Å². The van der Waals surface area contributed by atoms with E-state index in [1.165, 1.54) is 7.11 Å². The van der Waals surface area contributed by atoms with Gasteiger partial charge in [0.1, 0.15) is 0 Å². The van der Waals surface area contributed by atoms with E-state index < -0.39 is 5.54 Å². The summed E-state index contributed by atoms with van der Waals surface area (Å²) in [6.45, 7) is 1.81. The summed E-state index contributed by atoms with van der Waals surface area (Å²) < 4.78 is 5.17. The van der Waals surface area contributed by atoms with Gasteiger partial charge in [-0.1, -0.05) is 11.6 Å². The van der Waals surface area contributed by atoms with Crippen molar-refractivity contribution in [1.82, 2.24) is 0 Å². The molecule has 1 saturated carbocycles. The highest BCUT2D eigenvalue weighted by atomic mass is 35.5. The molecule has 4 heteroatoms. The van der Waals surface area contributed by atoms with Crippen LogP contribution in [0, 0.1) is 6.92 Å². The number of phenolic OH excluding ortho intramolecular Hbond substituents is 1. The minimum atomic E-state index is -0.436. The summed E-state index contributed by atoms with van der Waals surface area (Å²) in [6.07, 6.45) is 2.84. The van der Waals surface area contributed by atoms with Crippen molar-refractivity contribution in [1.29, 1.82) is 0 Å². The summed E-state index contributed by atoms with van der Waals surface area (Å²) in [5.41, 5.74) is 7.20. The van der Waals surface area contributed by atoms with E-state index in [9.17, 15) is 5.11 Å². The highest BCUT2D eigenvalue weighted by molar-refractivity contribution is 6.31. The van der Waals surface area contributed by atoms with Gasteiger partial charge in [-0.3, -0.25) is 0 Å². The van der Waals surface area contributed by atoms with Gasteiger partial charge in [0.15, 0.2) is 11.5 Å². The summed E-state index contributed by atoms with van der Waals surface area (Å²) in [5, 5.41) is 10.7. The number of hydrogen-bond acceptors (Lipinski definition) is 3. The predicted molar refractivity (Wildman–Crippen MR) is 64.1 cm³/mol. The van der Waals surface area contributed by atoms with E-state index in [4.69, 9.17) is 22.1 Å². The Morgan fingerprint density at radius 2 is 2.12 bits per heavy atom. The van der Waals surface area contributed by atoms with Crippen LogP contribution in [0.1, 0.15) is 30.4 Å². The number of ether oxygens (including phenoxy) is 1. The van der Waals surface area contributed by atoms with Gasteiger partial charge in [-0.2, -0.15) is 0 Å². The molecule has 0 saturated heterocycles. The van der Waals surface area contributed by atoms with Gasteiger partial charge in [0.05, 0.1) is 7.11 Å². The molecule has 0 spiro atoms. The van der Waals surface area contributed by atoms with Gasteiger partial charge in [0.2, 0.25) is 0 Å². The Morgan fingerprint density at radius 3 is 2.56 bits per heavy atom. The third kappa shape index (κ3) is 1.55. The number of methoxy groups -OCH3 is 1. The van der Waals surface area contributed by atoms with Crippen LogP contribution in [-0.2, 0) is 5.54 Å². The number of halogens is 1. The summed E-state index contributed by atoms with van der Waals surface area (Å²) in [5.74, 6) is 0.561. The first-order valence-electron chi connectivity index (χ1n) is 5.35. The van der Waals surface area contributed by atoms with Crippen LogP contribution in [0.25, 0.3) is 0 Å². The van der Waals surface area contributed by atoms with Crippen LogP contribution >= 0.6 is 11.6 Å². The van der Waals surface area contributed by atoms with Gasteiger partial charge in [-0.15, -0.1) is 0 Å². The summed E-state index contributed by atoms with van der Waals surface area (Å²) in [4.78, 5) is 0. The van der Waals surface area contributed by atoms with Gasteiger partial charge in [-0.05, 0) is 32.3 Å². The second kappa shape index (κ2) is 3.82. The van der Waals surface area contributed by atoms with Crippen molar-refractivity contribution in [2.75, 3.05) is 7.11 Å². The third-order valence-corrected chi connectivity index (χ3v) is 3.82. The fourth-order valence-corrected chi connectivity index (χ4v) is 2.36. The van der Waals surface area contributed by atoms with Crippen molar-refractivity contribution >= 4 is 11.6 Å². The van der Waals surface area contributed by atoms with Crippen LogP contribution in [0.3, 0.4) is 0 Å². The van der Waals surface area contributed by atoms with E-state index in [1.807, 2.05) is 6.92 Å². The quantitative estimate of drug-likeness (QED) is 0.837. The third-order valence-electron chi connectivity index (χ3n) is 3.43. The maximum atomic E-state index is 10.1. The van der Waals surface area contributed by atoms with Crippen molar-refractivity contribution in [2.45, 2.75) is 31.7 Å². The van der Waals surface area contributed by atoms with Crippen LogP contribution in [-0.4, -0.2) is 12.2 Å². The van der Waals surface area contributed by atoms with Crippen molar-refractivity contribution in [2.24, 2.45) is 5.73 Å². The van der Waals surface area contributed by atoms with Crippen LogP contribution in [0.5, 0.6) is 11.5 Å². The Labute approximate surface area is 100 Å². The molecule has 1 aliphatic carbocycles. The standard InChI is InChI=1S/C12H16ClNO2/c1-7-9(13)6-8(10(15)11(7)16-2)12(14)4-3-5-12/h6,15H,3-5,14H2,1-2H3. The van der Waals surface area contributed by atoms with Gasteiger partial charge in [0.25, 0.3) is 0 Å². The first-order valence-corrected chi connectivity index (χ1v) is 5.73. The molecule has 0 amide bonds. The molecular formula is C12H16ClNO2. The van der Waals surface area contributed by atoms with E-state index >= 15 is 0 Å². The molecule has 1 aromatic carbocycles. The molecule has 2 rings (SSSR count). The van der Waals surface area contributed by atoms with Crippen LogP contribution < -0.4 is 10.5 Å². The number of hydrogen-bond donors (Lipinski definition) is 2. The Morgan fingerprint density at radius 1 is 1.50 bits per heavy atom. The van der Waals surface area contributed by atoms with Crippen LogP contribution in [0.4, 0.5) is 0 Å². The van der Waals surface area contributed by atoms with Gasteiger partial charge >= 0.3 is 0 Å². The molecule has 1 aromatic rings. The largest absolute Gasteiger partial charge is 0.504 e. The molecule has 0 aromatic heterocycles. The molecule has 16 heavy (non-hydrogen) atoms. The SMILES string of the molecule is COc1c(C)c(Cl)cc(C2(N)CCC2)c1O. The monoisotopic (exact) mass is 241 g/mol. The summed E-state index contributed by atoms with van der Waals surface area (Å²) in [6, 6.07) is 1.76. The average molecular weight is 242 g/mol. The molecule has 0 bridgehead atoms. The Bertz CT molecular complexity index is 428. The number of benzene rings is 1. The Kier molecular flexibility index (Phi) is 2.76. The smallest absolute Gasteiger partial charge is 0.165 e. The highest BCUT2D eigenvalue weighted by Gasteiger charge is 2.38. The lowest BCUT2D eigenvalue weighted by atomic mass is 9.72. The van der Waals surface area contributed by atoms with Gasteiger partial charge in [-0.25, -0.2) is 0 Å². The number of rotatable bonds is 2. The zero-order valence-corrected chi connectivity index (χ0v) is 10.3. The number of nitrogens with two attached hydrogens (primary N) is 1. The second-order valence-electron chi connectivity index (χ2n) is 4.42. The number of aromatic hydroxyl groups is 1. The summed E-state index contributed by atoms with van der Waals surface area (Å²) >= 11 is 6.11. The van der Waals surface area contributed by atoms with Crippen molar-refractivity contribution < 1.29 is 9.84 Å². The van der Waals surface area contributed by atoms with Crippen molar-refractivity contribution in [3.63, 3.8) is 0 Å². The molecule has 1 aliphatic rings. The van der Waals surface area contributed by atoms with Crippen LogP contribution in [0.2, 0.25) is 5.02 Å². The van der Waals surface area contributed by atoms with Gasteiger partial charge in [0, 0.05) is 21.7 Å². The molecule has 0 atom stereocenters. The lowest BCUT2D eigenvalue weighted by Gasteiger charge is -2.39. The Balaban J connectivity index is 2.58. The van der Waals surface area contributed by atoms with Crippen molar-refractivity contribution in [3.8, 4) is 11.5 Å². The molecule has 0 radical (unpaired) electrons. The maximum Gasteiger partial charge on any atom is 0.165 e. The highest BCUT2D eigenvalue weighted by Crippen LogP contribution is 2.48. The fraction of sp³-hybridized carbons (Fsp3) is 0.500. The molecule has 0 heterocycles. The molecule has 3 N–H and O–H groups in total. The zero-order chi connectivity index (χ0) is 11.9. The first kappa shape index (κ1) is 11.6. The molecule has 1 fully saturated rings. The number of phenols is 1. The predicted octanol–water partition coefficient (Wildman–Crippen LogP) is 2.70. The van der Waals surface area contributed by atoms with E-state index in [1.54, 1.807) is 6.07 Å². The lowest BCUT2D eigenvalue weighted by Crippen LogP contribution is -2.43. The lowest BCUT2D eigenvalue weighted by molar-refractivity contribution is 0.242. The first-order chi connectivity index (χ1) is 7.49. The van der Waals surface area contributed by atoms with E-state index in [-0.39, 0.29) is 5.75 Å². The van der Waals surface area contributed by atoms with Crippen molar-refractivity contribution in [3.05, 3.63) is 22.2 Å². The topological polar surface area (TPSA) is 55.5 Å². The zero-order valence-electron chi connectivity index (χ0n) is 9.51. The normalized spacial score (nSPS) is 18.0. The van der Waals surface area contributed by atoms with E-state index in [0.717, 1.165) is 24.8 Å².